The van der Waals surface area contributed by atoms with E-state index in [1.165, 1.54) is 0 Å². The van der Waals surface area contributed by atoms with Crippen molar-refractivity contribution in [2.45, 2.75) is 32.2 Å². The van der Waals surface area contributed by atoms with Crippen LogP contribution in [0.1, 0.15) is 37.8 Å². The van der Waals surface area contributed by atoms with Crippen LogP contribution in [0.25, 0.3) is 0 Å². The number of fused-ring (bicyclic) bond motifs is 1. The minimum absolute atomic E-state index is 0.0240. The van der Waals surface area contributed by atoms with Crippen molar-refractivity contribution in [3.8, 4) is 0 Å². The van der Waals surface area contributed by atoms with Crippen molar-refractivity contribution in [3.05, 3.63) is 35.9 Å². The van der Waals surface area contributed by atoms with E-state index in [0.29, 0.717) is 18.3 Å². The van der Waals surface area contributed by atoms with Crippen LogP contribution in [0.15, 0.2) is 30.3 Å². The molecule has 0 saturated carbocycles. The molecule has 24 heavy (non-hydrogen) atoms. The van der Waals surface area contributed by atoms with Gasteiger partial charge >= 0.3 is 0 Å². The maximum absolute atomic E-state index is 13.1. The Morgan fingerprint density at radius 2 is 1.79 bits per heavy atom. The maximum atomic E-state index is 13.1. The molecule has 5 heteroatoms. The number of hydrogen-bond acceptors (Lipinski definition) is 3. The molecule has 2 aliphatic rings. The number of carbonyl (C=O) groups is 2. The van der Waals surface area contributed by atoms with Crippen LogP contribution in [-0.2, 0) is 9.59 Å². The molecule has 2 amide bonds. The zero-order valence-corrected chi connectivity index (χ0v) is 14.3. The highest BCUT2D eigenvalue weighted by Gasteiger charge is 2.34. The maximum Gasteiger partial charge on any atom is 0.249 e. The monoisotopic (exact) mass is 329 g/mol. The fraction of sp³-hybridized carbons (Fsp3) is 0.579. The summed E-state index contributed by atoms with van der Waals surface area (Å²) < 4.78 is 0. The van der Waals surface area contributed by atoms with E-state index in [0.717, 1.165) is 44.6 Å². The molecule has 5 nitrogen and oxygen atoms in total. The first-order valence-corrected chi connectivity index (χ1v) is 9.03. The standard InChI is InChI=1S/C19H27N3O2/c1-2-17(23)21-18(14-6-4-3-5-7-14)19(24)22-10-8-15-12-20-13-16(15)9-11-22/h3-7,15-16,18,20H,2,8-13H2,1H3,(H,21,23)/t15-,16+,18?. The number of benzene rings is 1. The van der Waals surface area contributed by atoms with Crippen molar-refractivity contribution < 1.29 is 9.59 Å². The summed E-state index contributed by atoms with van der Waals surface area (Å²) in [5.74, 6) is 1.30. The predicted octanol–water partition coefficient (Wildman–Crippen LogP) is 1.71. The van der Waals surface area contributed by atoms with Crippen molar-refractivity contribution in [3.63, 3.8) is 0 Å². The first-order chi connectivity index (χ1) is 11.7. The number of carbonyl (C=O) groups excluding carboxylic acids is 2. The Kier molecular flexibility index (Phi) is 5.51. The summed E-state index contributed by atoms with van der Waals surface area (Å²) in [7, 11) is 0. The van der Waals surface area contributed by atoms with E-state index < -0.39 is 6.04 Å². The van der Waals surface area contributed by atoms with Gasteiger partial charge in [-0.25, -0.2) is 0 Å². The first-order valence-electron chi connectivity index (χ1n) is 9.03. The number of amides is 2. The lowest BCUT2D eigenvalue weighted by Gasteiger charge is -2.27. The molecule has 2 fully saturated rings. The van der Waals surface area contributed by atoms with Gasteiger partial charge in [-0.05, 0) is 43.3 Å². The topological polar surface area (TPSA) is 61.4 Å². The molecular weight excluding hydrogens is 302 g/mol. The normalized spacial score (nSPS) is 24.8. The molecule has 0 spiro atoms. The molecule has 1 unspecified atom stereocenters. The second-order valence-electron chi connectivity index (χ2n) is 6.85. The Labute approximate surface area is 143 Å². The van der Waals surface area contributed by atoms with Crippen molar-refractivity contribution in [2.24, 2.45) is 11.8 Å². The minimum atomic E-state index is -0.574. The van der Waals surface area contributed by atoms with E-state index in [4.69, 9.17) is 0 Å². The molecule has 130 valence electrons. The average molecular weight is 329 g/mol. The van der Waals surface area contributed by atoms with E-state index in [1.807, 2.05) is 42.2 Å². The van der Waals surface area contributed by atoms with Gasteiger partial charge in [-0.3, -0.25) is 9.59 Å². The van der Waals surface area contributed by atoms with Crippen LogP contribution in [0.4, 0.5) is 0 Å². The molecule has 0 aromatic heterocycles. The molecule has 3 rings (SSSR count). The Morgan fingerprint density at radius 1 is 1.17 bits per heavy atom. The number of nitrogens with one attached hydrogen (secondary N) is 2. The van der Waals surface area contributed by atoms with Crippen LogP contribution in [-0.4, -0.2) is 42.9 Å². The van der Waals surface area contributed by atoms with Gasteiger partial charge < -0.3 is 15.5 Å². The summed E-state index contributed by atoms with van der Waals surface area (Å²) in [5.41, 5.74) is 0.857. The third kappa shape index (κ3) is 3.78. The van der Waals surface area contributed by atoms with Crippen LogP contribution in [0.2, 0.25) is 0 Å². The van der Waals surface area contributed by atoms with Crippen molar-refractivity contribution in [1.29, 1.82) is 0 Å². The molecule has 0 radical (unpaired) electrons. The van der Waals surface area contributed by atoms with Crippen LogP contribution in [0, 0.1) is 11.8 Å². The Morgan fingerprint density at radius 3 is 2.38 bits per heavy atom. The number of rotatable bonds is 4. The van der Waals surface area contributed by atoms with Gasteiger partial charge in [-0.1, -0.05) is 37.3 Å². The SMILES string of the molecule is CCC(=O)NC(C(=O)N1CC[C@@H]2CNC[C@@H]2CC1)c1ccccc1. The number of nitrogens with zero attached hydrogens (tertiary/aromatic N) is 1. The molecule has 2 saturated heterocycles. The van der Waals surface area contributed by atoms with Gasteiger partial charge in [0.05, 0.1) is 0 Å². The van der Waals surface area contributed by atoms with Gasteiger partial charge in [0.15, 0.2) is 0 Å². The number of likely N-dealkylation sites (tertiary alicyclic amines) is 1. The molecule has 0 aliphatic carbocycles. The van der Waals surface area contributed by atoms with Crippen LogP contribution in [0.3, 0.4) is 0 Å². The smallest absolute Gasteiger partial charge is 0.249 e. The lowest BCUT2D eigenvalue weighted by molar-refractivity contribution is -0.136. The van der Waals surface area contributed by atoms with Gasteiger partial charge in [-0.2, -0.15) is 0 Å². The van der Waals surface area contributed by atoms with E-state index in [2.05, 4.69) is 10.6 Å². The third-order valence-corrected chi connectivity index (χ3v) is 5.34. The minimum Gasteiger partial charge on any atom is -0.341 e. The Hall–Kier alpha value is -1.88. The van der Waals surface area contributed by atoms with Crippen LogP contribution in [0.5, 0.6) is 0 Å². The summed E-state index contributed by atoms with van der Waals surface area (Å²) in [6.45, 7) is 5.52. The van der Waals surface area contributed by atoms with Gasteiger partial charge in [0.25, 0.3) is 0 Å². The summed E-state index contributed by atoms with van der Waals surface area (Å²) >= 11 is 0. The molecular formula is C19H27N3O2. The van der Waals surface area contributed by atoms with Crippen LogP contribution >= 0.6 is 0 Å². The summed E-state index contributed by atoms with van der Waals surface area (Å²) in [4.78, 5) is 27.0. The van der Waals surface area contributed by atoms with E-state index in [1.54, 1.807) is 0 Å². The van der Waals surface area contributed by atoms with E-state index >= 15 is 0 Å². The van der Waals surface area contributed by atoms with Crippen molar-refractivity contribution in [1.82, 2.24) is 15.5 Å². The highest BCUT2D eigenvalue weighted by molar-refractivity contribution is 5.88. The summed E-state index contributed by atoms with van der Waals surface area (Å²) in [6, 6.07) is 8.99. The molecule has 2 aliphatic heterocycles. The Balaban J connectivity index is 1.74. The van der Waals surface area contributed by atoms with Gasteiger partial charge in [0.2, 0.25) is 11.8 Å². The zero-order chi connectivity index (χ0) is 16.9. The fourth-order valence-electron chi connectivity index (χ4n) is 3.82. The first kappa shape index (κ1) is 17.0. The average Bonchev–Trinajstić information content (AvgIpc) is 2.98. The van der Waals surface area contributed by atoms with Crippen LogP contribution < -0.4 is 10.6 Å². The van der Waals surface area contributed by atoms with E-state index in [-0.39, 0.29) is 11.8 Å². The predicted molar refractivity (Wildman–Crippen MR) is 93.3 cm³/mol. The highest BCUT2D eigenvalue weighted by atomic mass is 16.2. The largest absolute Gasteiger partial charge is 0.341 e. The van der Waals surface area contributed by atoms with Crippen molar-refractivity contribution in [2.75, 3.05) is 26.2 Å². The number of hydrogen-bond donors (Lipinski definition) is 2. The molecule has 3 atom stereocenters. The molecule has 2 N–H and O–H groups in total. The van der Waals surface area contributed by atoms with Gasteiger partial charge in [0, 0.05) is 19.5 Å². The zero-order valence-electron chi connectivity index (χ0n) is 14.3. The summed E-state index contributed by atoms with van der Waals surface area (Å²) in [6.07, 6.45) is 2.48. The summed E-state index contributed by atoms with van der Waals surface area (Å²) in [5, 5.41) is 6.37. The molecule has 1 aromatic rings. The molecule has 1 aromatic carbocycles. The molecule has 2 heterocycles. The fourth-order valence-corrected chi connectivity index (χ4v) is 3.82. The molecule has 0 bridgehead atoms. The second kappa shape index (κ2) is 7.79. The van der Waals surface area contributed by atoms with E-state index in [9.17, 15) is 9.59 Å². The van der Waals surface area contributed by atoms with Crippen molar-refractivity contribution >= 4 is 11.8 Å². The third-order valence-electron chi connectivity index (χ3n) is 5.34. The lowest BCUT2D eigenvalue weighted by atomic mass is 9.92. The Bertz CT molecular complexity index is 561. The second-order valence-corrected chi connectivity index (χ2v) is 6.85. The highest BCUT2D eigenvalue weighted by Crippen LogP contribution is 2.28. The lowest BCUT2D eigenvalue weighted by Crippen LogP contribution is -2.43. The quantitative estimate of drug-likeness (QED) is 0.884. The van der Waals surface area contributed by atoms with Gasteiger partial charge in [-0.15, -0.1) is 0 Å². The van der Waals surface area contributed by atoms with Gasteiger partial charge in [0.1, 0.15) is 6.04 Å².